The first-order valence-electron chi connectivity index (χ1n) is 4.01. The minimum Gasteiger partial charge on any atom is -0.387 e. The Morgan fingerprint density at radius 3 is 2.77 bits per heavy atom. The van der Waals surface area contributed by atoms with Crippen LogP contribution in [0.25, 0.3) is 0 Å². The van der Waals surface area contributed by atoms with E-state index in [4.69, 9.17) is 5.73 Å². The predicted molar refractivity (Wildman–Crippen MR) is 43.0 cm³/mol. The van der Waals surface area contributed by atoms with Gasteiger partial charge in [0, 0.05) is 12.1 Å². The van der Waals surface area contributed by atoms with Gasteiger partial charge in [0.15, 0.2) is 0 Å². The summed E-state index contributed by atoms with van der Waals surface area (Å²) in [7, 11) is 0. The van der Waals surface area contributed by atoms with E-state index < -0.39 is 23.8 Å². The van der Waals surface area contributed by atoms with E-state index in [1.807, 2.05) is 0 Å². The van der Waals surface area contributed by atoms with Crippen molar-refractivity contribution >= 4 is 0 Å². The Hall–Kier alpha value is -1.00. The number of hydrogen-bond acceptors (Lipinski definition) is 2. The zero-order chi connectivity index (χ0) is 9.59. The molecule has 2 nitrogen and oxygen atoms in total. The summed E-state index contributed by atoms with van der Waals surface area (Å²) < 4.78 is 25.8. The standard InChI is InChI=1S/C9H9F2NO/c10-4-1-6-5(7(11)2-4)3-8(12)9(6)13/h1-2,8-9,13H,3,12H2. The quantitative estimate of drug-likeness (QED) is 0.630. The third-order valence-corrected chi connectivity index (χ3v) is 2.36. The van der Waals surface area contributed by atoms with Crippen molar-refractivity contribution in [2.45, 2.75) is 18.6 Å². The van der Waals surface area contributed by atoms with E-state index in [0.29, 0.717) is 5.56 Å². The summed E-state index contributed by atoms with van der Waals surface area (Å²) in [5.41, 5.74) is 6.13. The highest BCUT2D eigenvalue weighted by molar-refractivity contribution is 5.37. The molecule has 2 unspecified atom stereocenters. The molecule has 0 heterocycles. The van der Waals surface area contributed by atoms with E-state index in [-0.39, 0.29) is 12.0 Å². The lowest BCUT2D eigenvalue weighted by Crippen LogP contribution is -2.24. The lowest BCUT2D eigenvalue weighted by atomic mass is 10.1. The molecule has 1 aromatic rings. The van der Waals surface area contributed by atoms with Crippen LogP contribution in [0.5, 0.6) is 0 Å². The van der Waals surface area contributed by atoms with Crippen LogP contribution in [0.1, 0.15) is 17.2 Å². The minimum absolute atomic E-state index is 0.266. The fourth-order valence-corrected chi connectivity index (χ4v) is 1.68. The lowest BCUT2D eigenvalue weighted by Gasteiger charge is -2.07. The number of nitrogens with two attached hydrogens (primary N) is 1. The van der Waals surface area contributed by atoms with Gasteiger partial charge < -0.3 is 10.8 Å². The van der Waals surface area contributed by atoms with Crippen LogP contribution in [0.3, 0.4) is 0 Å². The number of fused-ring (bicyclic) bond motifs is 1. The van der Waals surface area contributed by atoms with Gasteiger partial charge in [0.1, 0.15) is 11.6 Å². The maximum Gasteiger partial charge on any atom is 0.129 e. The molecule has 13 heavy (non-hydrogen) atoms. The maximum atomic E-state index is 13.1. The lowest BCUT2D eigenvalue weighted by molar-refractivity contribution is 0.159. The van der Waals surface area contributed by atoms with Gasteiger partial charge in [-0.2, -0.15) is 0 Å². The van der Waals surface area contributed by atoms with Crippen molar-refractivity contribution in [3.8, 4) is 0 Å². The molecule has 0 aliphatic heterocycles. The second kappa shape index (κ2) is 2.75. The number of benzene rings is 1. The van der Waals surface area contributed by atoms with Gasteiger partial charge in [-0.3, -0.25) is 0 Å². The van der Waals surface area contributed by atoms with E-state index >= 15 is 0 Å². The average Bonchev–Trinajstić information content (AvgIpc) is 2.32. The van der Waals surface area contributed by atoms with Gasteiger partial charge in [-0.15, -0.1) is 0 Å². The molecule has 0 amide bonds. The van der Waals surface area contributed by atoms with Gasteiger partial charge in [-0.05, 0) is 23.6 Å². The third kappa shape index (κ3) is 1.22. The van der Waals surface area contributed by atoms with Crippen LogP contribution in [0.15, 0.2) is 12.1 Å². The molecule has 1 aliphatic carbocycles. The Morgan fingerprint density at radius 1 is 1.38 bits per heavy atom. The molecular formula is C9H9F2NO. The molecule has 0 saturated heterocycles. The molecule has 0 saturated carbocycles. The van der Waals surface area contributed by atoms with Crippen LogP contribution < -0.4 is 5.73 Å². The Morgan fingerprint density at radius 2 is 2.08 bits per heavy atom. The topological polar surface area (TPSA) is 46.2 Å². The second-order valence-corrected chi connectivity index (χ2v) is 3.27. The molecule has 2 atom stereocenters. The Kier molecular flexibility index (Phi) is 1.82. The van der Waals surface area contributed by atoms with Gasteiger partial charge in [-0.25, -0.2) is 8.78 Å². The van der Waals surface area contributed by atoms with Crippen LogP contribution >= 0.6 is 0 Å². The summed E-state index contributed by atoms with van der Waals surface area (Å²) in [6, 6.07) is 1.42. The van der Waals surface area contributed by atoms with Crippen molar-refractivity contribution in [3.63, 3.8) is 0 Å². The fourth-order valence-electron chi connectivity index (χ4n) is 1.68. The molecule has 0 radical (unpaired) electrons. The third-order valence-electron chi connectivity index (χ3n) is 2.36. The minimum atomic E-state index is -0.944. The molecule has 0 spiro atoms. The largest absolute Gasteiger partial charge is 0.387 e. The Balaban J connectivity index is 2.57. The van der Waals surface area contributed by atoms with Crippen molar-refractivity contribution < 1.29 is 13.9 Å². The highest BCUT2D eigenvalue weighted by Crippen LogP contribution is 2.32. The molecule has 2 rings (SSSR count). The monoisotopic (exact) mass is 185 g/mol. The number of hydrogen-bond donors (Lipinski definition) is 2. The average molecular weight is 185 g/mol. The van der Waals surface area contributed by atoms with Gasteiger partial charge in [0.2, 0.25) is 0 Å². The van der Waals surface area contributed by atoms with Crippen molar-refractivity contribution in [1.82, 2.24) is 0 Å². The molecule has 1 aromatic carbocycles. The molecule has 4 heteroatoms. The highest BCUT2D eigenvalue weighted by Gasteiger charge is 2.30. The van der Waals surface area contributed by atoms with Crippen molar-refractivity contribution in [1.29, 1.82) is 0 Å². The molecule has 1 aliphatic rings. The first-order chi connectivity index (χ1) is 6.09. The summed E-state index contributed by atoms with van der Waals surface area (Å²) in [5.74, 6) is -1.30. The first kappa shape index (κ1) is 8.59. The second-order valence-electron chi connectivity index (χ2n) is 3.27. The Labute approximate surface area is 74.0 Å². The smallest absolute Gasteiger partial charge is 0.129 e. The van der Waals surface area contributed by atoms with E-state index in [1.54, 1.807) is 0 Å². The number of aliphatic hydroxyl groups is 1. The maximum absolute atomic E-state index is 13.1. The molecule has 3 N–H and O–H groups in total. The van der Waals surface area contributed by atoms with Crippen molar-refractivity contribution in [2.75, 3.05) is 0 Å². The predicted octanol–water partition coefficient (Wildman–Crippen LogP) is 0.882. The summed E-state index contributed by atoms with van der Waals surface area (Å²) in [4.78, 5) is 0. The van der Waals surface area contributed by atoms with Gasteiger partial charge >= 0.3 is 0 Å². The number of rotatable bonds is 0. The summed E-state index contributed by atoms with van der Waals surface area (Å²) in [5, 5.41) is 9.44. The molecular weight excluding hydrogens is 176 g/mol. The van der Waals surface area contributed by atoms with Crippen LogP contribution in [-0.4, -0.2) is 11.1 Å². The molecule has 0 aromatic heterocycles. The van der Waals surface area contributed by atoms with Crippen molar-refractivity contribution in [3.05, 3.63) is 34.9 Å². The number of aliphatic hydroxyl groups excluding tert-OH is 1. The zero-order valence-electron chi connectivity index (χ0n) is 6.80. The van der Waals surface area contributed by atoms with E-state index in [1.165, 1.54) is 0 Å². The summed E-state index contributed by atoms with van der Waals surface area (Å²) in [6.45, 7) is 0. The van der Waals surface area contributed by atoms with Crippen LogP contribution in [-0.2, 0) is 6.42 Å². The number of halogens is 2. The first-order valence-corrected chi connectivity index (χ1v) is 4.01. The molecule has 70 valence electrons. The summed E-state index contributed by atoms with van der Waals surface area (Å²) >= 11 is 0. The SMILES string of the molecule is NC1Cc2c(F)cc(F)cc2C1O. The van der Waals surface area contributed by atoms with E-state index in [9.17, 15) is 13.9 Å². The fraction of sp³-hybridized carbons (Fsp3) is 0.333. The van der Waals surface area contributed by atoms with Crippen molar-refractivity contribution in [2.24, 2.45) is 5.73 Å². The van der Waals surface area contributed by atoms with Crippen LogP contribution in [0.2, 0.25) is 0 Å². The Bertz CT molecular complexity index is 354. The summed E-state index contributed by atoms with van der Waals surface area (Å²) in [6.07, 6.45) is -0.678. The molecule has 0 fully saturated rings. The van der Waals surface area contributed by atoms with E-state index in [0.717, 1.165) is 12.1 Å². The molecule has 0 bridgehead atoms. The van der Waals surface area contributed by atoms with Crippen LogP contribution in [0.4, 0.5) is 8.78 Å². The van der Waals surface area contributed by atoms with Gasteiger partial charge in [0.05, 0.1) is 6.10 Å². The highest BCUT2D eigenvalue weighted by atomic mass is 19.1. The van der Waals surface area contributed by atoms with Gasteiger partial charge in [-0.1, -0.05) is 0 Å². The zero-order valence-corrected chi connectivity index (χ0v) is 6.80. The van der Waals surface area contributed by atoms with E-state index in [2.05, 4.69) is 0 Å². The van der Waals surface area contributed by atoms with Crippen LogP contribution in [0, 0.1) is 11.6 Å². The normalized spacial score (nSPS) is 26.2. The van der Waals surface area contributed by atoms with Gasteiger partial charge in [0.25, 0.3) is 0 Å².